The first-order chi connectivity index (χ1) is 17.5. The molecule has 1 aliphatic rings. The maximum atomic E-state index is 9.65. The van der Waals surface area contributed by atoms with Gasteiger partial charge in [-0.1, -0.05) is 6.07 Å². The molecule has 0 saturated heterocycles. The fraction of sp³-hybridized carbons (Fsp3) is 0.423. The van der Waals surface area contributed by atoms with Crippen molar-refractivity contribution in [1.29, 1.82) is 0 Å². The molecule has 1 atom stereocenters. The van der Waals surface area contributed by atoms with Gasteiger partial charge in [-0.25, -0.2) is 4.68 Å². The van der Waals surface area contributed by atoms with E-state index in [0.717, 1.165) is 44.9 Å². The number of benzene rings is 1. The molecule has 10 nitrogen and oxygen atoms in total. The molecule has 1 aromatic carbocycles. The highest BCUT2D eigenvalue weighted by atomic mass is 16.5. The van der Waals surface area contributed by atoms with Gasteiger partial charge in [0.25, 0.3) is 0 Å². The Hall–Kier alpha value is -3.63. The molecule has 1 aliphatic heterocycles. The Morgan fingerprint density at radius 2 is 2.11 bits per heavy atom. The van der Waals surface area contributed by atoms with E-state index in [1.54, 1.807) is 4.68 Å². The summed E-state index contributed by atoms with van der Waals surface area (Å²) in [7, 11) is 0. The van der Waals surface area contributed by atoms with Gasteiger partial charge in [0.1, 0.15) is 6.10 Å². The van der Waals surface area contributed by atoms with Crippen LogP contribution in [-0.4, -0.2) is 60.2 Å². The summed E-state index contributed by atoms with van der Waals surface area (Å²) in [6.07, 6.45) is 5.73. The summed E-state index contributed by atoms with van der Waals surface area (Å²) in [5, 5.41) is 31.0. The van der Waals surface area contributed by atoms with Crippen molar-refractivity contribution in [3.63, 3.8) is 0 Å². The minimum Gasteiger partial charge on any atom is -0.473 e. The number of aromatic amines is 1. The zero-order valence-electron chi connectivity index (χ0n) is 21.2. The molecule has 10 heteroatoms. The number of fused-ring (bicyclic) bond motifs is 4. The number of aliphatic hydroxyl groups is 1. The number of rotatable bonds is 5. The van der Waals surface area contributed by atoms with Crippen molar-refractivity contribution in [3.8, 4) is 22.9 Å². The van der Waals surface area contributed by atoms with Crippen LogP contribution >= 0.6 is 0 Å². The van der Waals surface area contributed by atoms with Gasteiger partial charge in [-0.05, 0) is 57.5 Å². The van der Waals surface area contributed by atoms with Crippen LogP contribution in [0, 0.1) is 0 Å². The third-order valence-corrected chi connectivity index (χ3v) is 6.16. The molecule has 3 aromatic heterocycles. The molecule has 0 spiro atoms. The molecule has 3 N–H and O–H groups in total. The number of aryl methyl sites for hydroxylation is 1. The summed E-state index contributed by atoms with van der Waals surface area (Å²) < 4.78 is 16.2. The van der Waals surface area contributed by atoms with Gasteiger partial charge in [-0.3, -0.25) is 9.78 Å². The van der Waals surface area contributed by atoms with Gasteiger partial charge >= 0.3 is 0 Å². The highest BCUT2D eigenvalue weighted by molar-refractivity contribution is 5.93. The number of hydrogen-bond donors (Lipinski definition) is 3. The van der Waals surface area contributed by atoms with Crippen molar-refractivity contribution in [2.45, 2.75) is 59.5 Å². The SMILES string of the molecule is CCn1ncc2c1O[C@@H](C)CNCc1c(c(OC(C)C)nn1CCO)/C=C/c1[nH]nc3ccc-2cc13. The van der Waals surface area contributed by atoms with E-state index in [9.17, 15) is 5.11 Å². The number of aliphatic hydroxyl groups excluding tert-OH is 1. The highest BCUT2D eigenvalue weighted by Crippen LogP contribution is 2.34. The Kier molecular flexibility index (Phi) is 6.80. The molecule has 0 amide bonds. The summed E-state index contributed by atoms with van der Waals surface area (Å²) >= 11 is 0. The lowest BCUT2D eigenvalue weighted by Crippen LogP contribution is -2.30. The molecule has 0 saturated carbocycles. The Bertz CT molecular complexity index is 1380. The third kappa shape index (κ3) is 4.61. The van der Waals surface area contributed by atoms with Crippen molar-refractivity contribution in [1.82, 2.24) is 35.1 Å². The van der Waals surface area contributed by atoms with Gasteiger partial charge in [-0.15, -0.1) is 5.10 Å². The van der Waals surface area contributed by atoms with Crippen LogP contribution < -0.4 is 14.8 Å². The van der Waals surface area contributed by atoms with Crippen LogP contribution in [-0.2, 0) is 19.6 Å². The normalized spacial score (nSPS) is 16.9. The Balaban J connectivity index is 1.66. The molecule has 0 fully saturated rings. The fourth-order valence-corrected chi connectivity index (χ4v) is 4.47. The first-order valence-electron chi connectivity index (χ1n) is 12.5. The van der Waals surface area contributed by atoms with E-state index in [4.69, 9.17) is 9.47 Å². The Labute approximate surface area is 209 Å². The van der Waals surface area contributed by atoms with Crippen LogP contribution in [0.5, 0.6) is 11.8 Å². The topological polar surface area (TPSA) is 115 Å². The standard InChI is InChI=1S/C26H33N7O3/c1-5-32-26-21(14-28-32)18-6-8-22-20(12-18)23(30-29-22)9-7-19-24(15-27-13-17(4)36-26)33(10-11-34)31-25(19)35-16(2)3/h6-9,12,14,16-17,27,34H,5,10-11,13,15H2,1-4H3,(H,29,30)/b9-7+/t17-/m0/s1. The zero-order valence-corrected chi connectivity index (χ0v) is 21.2. The molecule has 0 unspecified atom stereocenters. The maximum Gasteiger partial charge on any atom is 0.240 e. The van der Waals surface area contributed by atoms with Crippen molar-refractivity contribution in [2.24, 2.45) is 0 Å². The Morgan fingerprint density at radius 1 is 1.25 bits per heavy atom. The monoisotopic (exact) mass is 491 g/mol. The van der Waals surface area contributed by atoms with Gasteiger partial charge in [0.15, 0.2) is 0 Å². The quantitative estimate of drug-likeness (QED) is 0.392. The highest BCUT2D eigenvalue weighted by Gasteiger charge is 2.21. The van der Waals surface area contributed by atoms with Crippen molar-refractivity contribution < 1.29 is 14.6 Å². The molecule has 36 heavy (non-hydrogen) atoms. The fourth-order valence-electron chi connectivity index (χ4n) is 4.47. The number of nitrogens with zero attached hydrogens (tertiary/aromatic N) is 5. The van der Waals surface area contributed by atoms with E-state index >= 15 is 0 Å². The molecule has 4 heterocycles. The smallest absolute Gasteiger partial charge is 0.240 e. The van der Waals surface area contributed by atoms with Gasteiger partial charge in [0.2, 0.25) is 11.8 Å². The lowest BCUT2D eigenvalue weighted by Gasteiger charge is -2.18. The largest absolute Gasteiger partial charge is 0.473 e. The van der Waals surface area contributed by atoms with Gasteiger partial charge in [-0.2, -0.15) is 10.2 Å². The number of nitrogens with one attached hydrogen (secondary N) is 2. The van der Waals surface area contributed by atoms with E-state index in [1.807, 2.05) is 55.9 Å². The molecule has 0 aliphatic carbocycles. The third-order valence-electron chi connectivity index (χ3n) is 6.16. The first-order valence-corrected chi connectivity index (χ1v) is 12.5. The van der Waals surface area contributed by atoms with E-state index < -0.39 is 0 Å². The molecule has 2 bridgehead atoms. The van der Waals surface area contributed by atoms with Crippen LogP contribution in [0.15, 0.2) is 24.4 Å². The first kappa shape index (κ1) is 24.1. The zero-order chi connectivity index (χ0) is 25.2. The van der Waals surface area contributed by atoms with Crippen molar-refractivity contribution >= 4 is 23.1 Å². The van der Waals surface area contributed by atoms with Gasteiger partial charge in [0, 0.05) is 25.0 Å². The lowest BCUT2D eigenvalue weighted by atomic mass is 10.1. The van der Waals surface area contributed by atoms with E-state index in [0.29, 0.717) is 32.1 Å². The van der Waals surface area contributed by atoms with Crippen LogP contribution in [0.4, 0.5) is 0 Å². The van der Waals surface area contributed by atoms with E-state index in [-0.39, 0.29) is 18.8 Å². The van der Waals surface area contributed by atoms with Crippen molar-refractivity contribution in [2.75, 3.05) is 13.2 Å². The second kappa shape index (κ2) is 10.2. The molecular weight excluding hydrogens is 458 g/mol. The summed E-state index contributed by atoms with van der Waals surface area (Å²) in [6.45, 7) is 10.3. The summed E-state index contributed by atoms with van der Waals surface area (Å²) in [5.41, 5.74) is 5.52. The number of H-pyrrole nitrogens is 1. The predicted molar refractivity (Wildman–Crippen MR) is 139 cm³/mol. The minimum atomic E-state index is -0.108. The van der Waals surface area contributed by atoms with E-state index in [1.165, 1.54) is 0 Å². The molecular formula is C26H33N7O3. The molecule has 190 valence electrons. The van der Waals surface area contributed by atoms with Crippen LogP contribution in [0.2, 0.25) is 0 Å². The molecule has 0 radical (unpaired) electrons. The number of ether oxygens (including phenoxy) is 2. The summed E-state index contributed by atoms with van der Waals surface area (Å²) in [5.74, 6) is 1.29. The molecule has 4 aromatic rings. The van der Waals surface area contributed by atoms with Crippen molar-refractivity contribution in [3.05, 3.63) is 41.3 Å². The average Bonchev–Trinajstić information content (AvgIpc) is 3.53. The summed E-state index contributed by atoms with van der Waals surface area (Å²) in [4.78, 5) is 0. The summed E-state index contributed by atoms with van der Waals surface area (Å²) in [6, 6.07) is 6.17. The molecule has 5 rings (SSSR count). The second-order valence-corrected chi connectivity index (χ2v) is 9.22. The van der Waals surface area contributed by atoms with Gasteiger partial charge < -0.3 is 19.9 Å². The minimum absolute atomic E-state index is 0.0176. The lowest BCUT2D eigenvalue weighted by molar-refractivity contribution is 0.196. The average molecular weight is 492 g/mol. The Morgan fingerprint density at radius 3 is 2.89 bits per heavy atom. The second-order valence-electron chi connectivity index (χ2n) is 9.22. The maximum absolute atomic E-state index is 9.65. The number of hydrogen-bond acceptors (Lipinski definition) is 7. The van der Waals surface area contributed by atoms with Crippen LogP contribution in [0.25, 0.3) is 34.2 Å². The van der Waals surface area contributed by atoms with Crippen LogP contribution in [0.3, 0.4) is 0 Å². The van der Waals surface area contributed by atoms with E-state index in [2.05, 4.69) is 38.7 Å². The predicted octanol–water partition coefficient (Wildman–Crippen LogP) is 3.46. The number of aromatic nitrogens is 6. The van der Waals surface area contributed by atoms with Crippen LogP contribution in [0.1, 0.15) is 44.6 Å². The van der Waals surface area contributed by atoms with Gasteiger partial charge in [0.05, 0.1) is 53.5 Å².